The van der Waals surface area contributed by atoms with Gasteiger partial charge in [-0.2, -0.15) is 8.78 Å². The van der Waals surface area contributed by atoms with Crippen molar-refractivity contribution in [2.45, 2.75) is 19.3 Å². The Bertz CT molecular complexity index is 316. The third-order valence-electron chi connectivity index (χ3n) is 2.70. The molecule has 0 bridgehead atoms. The minimum atomic E-state index is -2.84. The van der Waals surface area contributed by atoms with Gasteiger partial charge in [0.05, 0.1) is 6.54 Å². The summed E-state index contributed by atoms with van der Waals surface area (Å²) < 4.78 is 27.8. The minimum Gasteiger partial charge on any atom is -0.396 e. The molecule has 0 saturated heterocycles. The van der Waals surface area contributed by atoms with Crippen molar-refractivity contribution in [3.05, 3.63) is 35.9 Å². The Morgan fingerprint density at radius 3 is 2.41 bits per heavy atom. The summed E-state index contributed by atoms with van der Waals surface area (Å²) in [7, 11) is 0. The second-order valence-corrected chi connectivity index (χ2v) is 4.02. The van der Waals surface area contributed by atoms with Crippen LogP contribution in [0.4, 0.5) is 8.78 Å². The maximum atomic E-state index is 13.9. The van der Waals surface area contributed by atoms with Crippen LogP contribution in [0, 0.1) is 0 Å². The zero-order valence-corrected chi connectivity index (χ0v) is 10.1. The molecule has 0 aliphatic carbocycles. The molecule has 0 fully saturated rings. The number of alkyl halides is 2. The second kappa shape index (κ2) is 6.67. The van der Waals surface area contributed by atoms with Gasteiger partial charge in [-0.1, -0.05) is 37.3 Å². The van der Waals surface area contributed by atoms with E-state index in [0.717, 1.165) is 0 Å². The van der Waals surface area contributed by atoms with Crippen molar-refractivity contribution in [1.82, 2.24) is 4.90 Å². The third kappa shape index (κ3) is 4.40. The smallest absolute Gasteiger partial charge is 0.285 e. The fourth-order valence-electron chi connectivity index (χ4n) is 1.70. The summed E-state index contributed by atoms with van der Waals surface area (Å²) >= 11 is 0. The number of likely N-dealkylation sites (N-methyl/N-ethyl adjacent to an activating group) is 1. The number of nitrogens with zero attached hydrogens (tertiary/aromatic N) is 1. The largest absolute Gasteiger partial charge is 0.396 e. The monoisotopic (exact) mass is 243 g/mol. The molecule has 0 radical (unpaired) electrons. The first-order valence-electron chi connectivity index (χ1n) is 5.86. The van der Waals surface area contributed by atoms with Crippen LogP contribution < -0.4 is 0 Å². The lowest BCUT2D eigenvalue weighted by Gasteiger charge is -2.26. The van der Waals surface area contributed by atoms with Gasteiger partial charge in [-0.15, -0.1) is 0 Å². The molecule has 0 aromatic heterocycles. The maximum Gasteiger partial charge on any atom is 0.285 e. The van der Waals surface area contributed by atoms with Crippen LogP contribution in [-0.4, -0.2) is 36.2 Å². The molecule has 1 rings (SSSR count). The van der Waals surface area contributed by atoms with Crippen LogP contribution in [0.3, 0.4) is 0 Å². The van der Waals surface area contributed by atoms with Gasteiger partial charge in [0.15, 0.2) is 0 Å². The van der Waals surface area contributed by atoms with Crippen molar-refractivity contribution < 1.29 is 13.9 Å². The normalized spacial score (nSPS) is 12.1. The van der Waals surface area contributed by atoms with Crippen LogP contribution >= 0.6 is 0 Å². The number of aliphatic hydroxyl groups excluding tert-OH is 1. The third-order valence-corrected chi connectivity index (χ3v) is 2.70. The summed E-state index contributed by atoms with van der Waals surface area (Å²) in [6, 6.07) is 7.85. The van der Waals surface area contributed by atoms with Crippen LogP contribution in [0.2, 0.25) is 0 Å². The zero-order valence-electron chi connectivity index (χ0n) is 10.1. The molecule has 96 valence electrons. The molecule has 2 nitrogen and oxygen atoms in total. The molecule has 0 aliphatic rings. The minimum absolute atomic E-state index is 0.0351. The maximum absolute atomic E-state index is 13.9. The van der Waals surface area contributed by atoms with Crippen LogP contribution in [0.25, 0.3) is 0 Å². The highest BCUT2D eigenvalue weighted by molar-refractivity contribution is 5.20. The number of hydrogen-bond donors (Lipinski definition) is 1. The molecule has 0 saturated carbocycles. The molecule has 4 heteroatoms. The van der Waals surface area contributed by atoms with Crippen molar-refractivity contribution in [3.63, 3.8) is 0 Å². The van der Waals surface area contributed by atoms with E-state index in [9.17, 15) is 8.78 Å². The Morgan fingerprint density at radius 1 is 1.24 bits per heavy atom. The lowest BCUT2D eigenvalue weighted by Crippen LogP contribution is -2.36. The molecule has 17 heavy (non-hydrogen) atoms. The molecule has 0 amide bonds. The quantitative estimate of drug-likeness (QED) is 0.795. The Morgan fingerprint density at radius 2 is 1.88 bits per heavy atom. The van der Waals surface area contributed by atoms with E-state index in [2.05, 4.69) is 0 Å². The van der Waals surface area contributed by atoms with Crippen LogP contribution in [0.15, 0.2) is 30.3 Å². The van der Waals surface area contributed by atoms with E-state index in [4.69, 9.17) is 5.11 Å². The van der Waals surface area contributed by atoms with E-state index in [-0.39, 0.29) is 18.7 Å². The van der Waals surface area contributed by atoms with Gasteiger partial charge in [-0.25, -0.2) is 0 Å². The van der Waals surface area contributed by atoms with Gasteiger partial charge >= 0.3 is 0 Å². The van der Waals surface area contributed by atoms with Crippen molar-refractivity contribution in [1.29, 1.82) is 0 Å². The highest BCUT2D eigenvalue weighted by Crippen LogP contribution is 2.28. The van der Waals surface area contributed by atoms with Gasteiger partial charge in [0.2, 0.25) is 0 Å². The van der Waals surface area contributed by atoms with Crippen LogP contribution in [0.5, 0.6) is 0 Å². The molecule has 0 heterocycles. The highest BCUT2D eigenvalue weighted by Gasteiger charge is 2.33. The van der Waals surface area contributed by atoms with Crippen LogP contribution in [-0.2, 0) is 5.92 Å². The Labute approximate surface area is 101 Å². The number of halogens is 2. The summed E-state index contributed by atoms with van der Waals surface area (Å²) in [6.45, 7) is 2.64. The first-order chi connectivity index (χ1) is 8.10. The summed E-state index contributed by atoms with van der Waals surface area (Å²) in [6.07, 6.45) is 0.526. The fourth-order valence-corrected chi connectivity index (χ4v) is 1.70. The predicted molar refractivity (Wildman–Crippen MR) is 64.2 cm³/mol. The van der Waals surface area contributed by atoms with Gasteiger partial charge in [0, 0.05) is 18.7 Å². The molecule has 0 atom stereocenters. The lowest BCUT2D eigenvalue weighted by molar-refractivity contribution is -0.0377. The molecule has 0 unspecified atom stereocenters. The number of hydrogen-bond acceptors (Lipinski definition) is 2. The number of benzene rings is 1. The average molecular weight is 243 g/mol. The van der Waals surface area contributed by atoms with Gasteiger partial charge in [-0.05, 0) is 13.0 Å². The van der Waals surface area contributed by atoms with E-state index in [1.54, 1.807) is 23.1 Å². The van der Waals surface area contributed by atoms with E-state index in [1.807, 2.05) is 6.92 Å². The summed E-state index contributed by atoms with van der Waals surface area (Å²) in [5.41, 5.74) is 0.0439. The number of aliphatic hydroxyl groups is 1. The summed E-state index contributed by atoms with van der Waals surface area (Å²) in [4.78, 5) is 1.66. The standard InChI is InChI=1S/C13H19F2NO/c1-2-16(9-6-10-17)11-13(14,15)12-7-4-3-5-8-12/h3-5,7-8,17H,2,6,9-11H2,1H3. The van der Waals surface area contributed by atoms with Crippen molar-refractivity contribution >= 4 is 0 Å². The second-order valence-electron chi connectivity index (χ2n) is 4.02. The lowest BCUT2D eigenvalue weighted by atomic mass is 10.1. The van der Waals surface area contributed by atoms with Gasteiger partial charge in [-0.3, -0.25) is 4.90 Å². The van der Waals surface area contributed by atoms with Crippen molar-refractivity contribution in [3.8, 4) is 0 Å². The average Bonchev–Trinajstić information content (AvgIpc) is 2.35. The van der Waals surface area contributed by atoms with Crippen molar-refractivity contribution in [2.24, 2.45) is 0 Å². The Kier molecular flexibility index (Phi) is 5.51. The fraction of sp³-hybridized carbons (Fsp3) is 0.538. The zero-order chi connectivity index (χ0) is 12.7. The first kappa shape index (κ1) is 14.1. The SMILES string of the molecule is CCN(CCCO)CC(F)(F)c1ccccc1. The Hall–Kier alpha value is -1.00. The summed E-state index contributed by atoms with van der Waals surface area (Å²) in [5.74, 6) is -2.84. The molecular formula is C13H19F2NO. The molecule has 1 aromatic rings. The molecule has 0 spiro atoms. The number of rotatable bonds is 7. The van der Waals surface area contributed by atoms with E-state index < -0.39 is 5.92 Å². The van der Waals surface area contributed by atoms with E-state index in [0.29, 0.717) is 19.5 Å². The van der Waals surface area contributed by atoms with E-state index >= 15 is 0 Å². The van der Waals surface area contributed by atoms with E-state index in [1.165, 1.54) is 12.1 Å². The highest BCUT2D eigenvalue weighted by atomic mass is 19.3. The van der Waals surface area contributed by atoms with Gasteiger partial charge < -0.3 is 5.11 Å². The molecule has 1 N–H and O–H groups in total. The molecule has 0 aliphatic heterocycles. The predicted octanol–water partition coefficient (Wildman–Crippen LogP) is 2.48. The van der Waals surface area contributed by atoms with Gasteiger partial charge in [0.25, 0.3) is 5.92 Å². The first-order valence-corrected chi connectivity index (χ1v) is 5.86. The summed E-state index contributed by atoms with van der Waals surface area (Å²) in [5, 5.41) is 8.71. The van der Waals surface area contributed by atoms with Gasteiger partial charge in [0.1, 0.15) is 0 Å². The van der Waals surface area contributed by atoms with Crippen molar-refractivity contribution in [2.75, 3.05) is 26.2 Å². The van der Waals surface area contributed by atoms with Crippen LogP contribution in [0.1, 0.15) is 18.9 Å². The topological polar surface area (TPSA) is 23.5 Å². The molecule has 1 aromatic carbocycles. The Balaban J connectivity index is 2.64. The molecular weight excluding hydrogens is 224 g/mol.